The summed E-state index contributed by atoms with van der Waals surface area (Å²) in [6, 6.07) is -2.82. The topological polar surface area (TPSA) is 374 Å². The molecule has 70 heavy (non-hydrogen) atoms. The van der Waals surface area contributed by atoms with Crippen molar-refractivity contribution in [2.75, 3.05) is 24.6 Å². The smallest absolute Gasteiger partial charge is 0.246 e. The van der Waals surface area contributed by atoms with Gasteiger partial charge in [0.1, 0.15) is 42.0 Å². The molecular formula is C45H69N11O12S2. The molecule has 1 aromatic rings. The first-order valence-electron chi connectivity index (χ1n) is 23.3. The van der Waals surface area contributed by atoms with Crippen LogP contribution in [0.15, 0.2) is 24.3 Å². The minimum Gasteiger partial charge on any atom is -0.508 e. The van der Waals surface area contributed by atoms with E-state index in [4.69, 9.17) is 17.2 Å². The lowest BCUT2D eigenvalue weighted by Gasteiger charge is -2.33. The molecule has 0 radical (unpaired) electrons. The number of nitrogens with two attached hydrogens (primary N) is 3. The monoisotopic (exact) mass is 1020 g/mol. The van der Waals surface area contributed by atoms with Gasteiger partial charge in [-0.3, -0.25) is 52.7 Å². The Labute approximate surface area is 414 Å². The molecule has 0 aromatic heterocycles. The highest BCUT2D eigenvalue weighted by Crippen LogP contribution is 2.27. The molecule has 0 bridgehead atoms. The van der Waals surface area contributed by atoms with Crippen molar-refractivity contribution in [2.24, 2.45) is 29.0 Å². The summed E-state index contributed by atoms with van der Waals surface area (Å²) >= 11 is 0. The normalized spacial score (nSPS) is 22.2. The zero-order valence-electron chi connectivity index (χ0n) is 40.0. The van der Waals surface area contributed by atoms with E-state index in [9.17, 15) is 57.8 Å². The molecule has 1 aliphatic heterocycles. The summed E-state index contributed by atoms with van der Waals surface area (Å²) in [7, 11) is 2.26. The fourth-order valence-electron chi connectivity index (χ4n) is 7.75. The van der Waals surface area contributed by atoms with Crippen molar-refractivity contribution in [3.05, 3.63) is 29.8 Å². The summed E-state index contributed by atoms with van der Waals surface area (Å²) in [4.78, 5) is 148. The van der Waals surface area contributed by atoms with Crippen molar-refractivity contribution in [3.63, 3.8) is 0 Å². The molecule has 0 spiro atoms. The number of hydrogen-bond donors (Lipinski definition) is 11. The number of hydrogen-bond acceptors (Lipinski definition) is 14. The summed E-state index contributed by atoms with van der Waals surface area (Å²) < 4.78 is 0. The molecule has 1 heterocycles. The number of carbonyl (C=O) groups is 11. The van der Waals surface area contributed by atoms with E-state index in [-0.39, 0.29) is 48.9 Å². The SMILES string of the molecule is CC[C@H](C)[C@@H]1NC(=O)[C@H](Cc2ccc(O)cc2)NC(=O)CCSSC[C@@H](C(=O)N(CC(=O)N[C@@H](CC(C)C)C(=O)NCC(N)=O)C2CCCC2)NC(=O)[C@H](CC(N)=O)NC(=O)[C@H](CCC(N)=O)NC1=O. The van der Waals surface area contributed by atoms with Crippen molar-refractivity contribution in [2.45, 2.75) is 141 Å². The lowest BCUT2D eigenvalue weighted by Crippen LogP contribution is -2.61. The van der Waals surface area contributed by atoms with Crippen LogP contribution in [-0.2, 0) is 59.2 Å². The van der Waals surface area contributed by atoms with Gasteiger partial charge in [-0.2, -0.15) is 0 Å². The number of nitrogens with one attached hydrogen (secondary N) is 7. The molecule has 1 aromatic carbocycles. The predicted octanol–water partition coefficient (Wildman–Crippen LogP) is -1.77. The Bertz CT molecular complexity index is 2040. The van der Waals surface area contributed by atoms with Gasteiger partial charge in [0.15, 0.2) is 0 Å². The van der Waals surface area contributed by atoms with Crippen LogP contribution < -0.4 is 54.4 Å². The number of benzene rings is 1. The van der Waals surface area contributed by atoms with Crippen LogP contribution in [0.25, 0.3) is 0 Å². The zero-order chi connectivity index (χ0) is 52.1. The van der Waals surface area contributed by atoms with E-state index in [1.165, 1.54) is 17.0 Å². The van der Waals surface area contributed by atoms with Gasteiger partial charge in [0.25, 0.3) is 0 Å². The first kappa shape index (κ1) is 58.2. The average molecular weight is 1020 g/mol. The molecule has 2 fully saturated rings. The largest absolute Gasteiger partial charge is 0.508 e. The quantitative estimate of drug-likeness (QED) is 0.0684. The van der Waals surface area contributed by atoms with E-state index < -0.39 is 139 Å². The van der Waals surface area contributed by atoms with Gasteiger partial charge in [0.2, 0.25) is 65.0 Å². The molecule has 25 heteroatoms. The van der Waals surface area contributed by atoms with Gasteiger partial charge in [0.05, 0.1) is 19.5 Å². The maximum atomic E-state index is 14.8. The second kappa shape index (κ2) is 29.2. The van der Waals surface area contributed by atoms with Gasteiger partial charge >= 0.3 is 0 Å². The highest BCUT2D eigenvalue weighted by atomic mass is 33.1. The summed E-state index contributed by atoms with van der Waals surface area (Å²) in [6.07, 6.45) is 1.27. The van der Waals surface area contributed by atoms with Crippen LogP contribution in [0, 0.1) is 11.8 Å². The maximum Gasteiger partial charge on any atom is 0.246 e. The van der Waals surface area contributed by atoms with E-state index in [2.05, 4.69) is 37.2 Å². The van der Waals surface area contributed by atoms with Crippen LogP contribution in [-0.4, -0.2) is 142 Å². The Morgan fingerprint density at radius 3 is 2.01 bits per heavy atom. The number of amides is 11. The van der Waals surface area contributed by atoms with Gasteiger partial charge in [-0.25, -0.2) is 0 Å². The molecule has 0 unspecified atom stereocenters. The molecule has 23 nitrogen and oxygen atoms in total. The van der Waals surface area contributed by atoms with E-state index in [1.807, 2.05) is 13.8 Å². The molecule has 388 valence electrons. The van der Waals surface area contributed by atoms with Gasteiger partial charge < -0.3 is 64.4 Å². The fraction of sp³-hybridized carbons (Fsp3) is 0.622. The summed E-state index contributed by atoms with van der Waals surface area (Å²) in [5.74, 6) is -9.60. The average Bonchev–Trinajstić information content (AvgIpc) is 3.83. The molecule has 14 N–H and O–H groups in total. The summed E-state index contributed by atoms with van der Waals surface area (Å²) in [6.45, 7) is 6.08. The maximum absolute atomic E-state index is 14.8. The van der Waals surface area contributed by atoms with E-state index in [0.717, 1.165) is 34.4 Å². The molecule has 1 saturated heterocycles. The van der Waals surface area contributed by atoms with Crippen LogP contribution >= 0.6 is 21.6 Å². The minimum absolute atomic E-state index is 0.0246. The molecule has 11 amide bonds. The number of phenolic OH excluding ortho intramolecular Hbond substituents is 1. The molecular weight excluding hydrogens is 951 g/mol. The van der Waals surface area contributed by atoms with Crippen molar-refractivity contribution in [3.8, 4) is 5.75 Å². The molecule has 1 saturated carbocycles. The van der Waals surface area contributed by atoms with Crippen LogP contribution in [0.1, 0.15) is 97.5 Å². The number of nitrogens with zero attached hydrogens (tertiary/aromatic N) is 1. The Morgan fingerprint density at radius 2 is 1.41 bits per heavy atom. The summed E-state index contributed by atoms with van der Waals surface area (Å²) in [5.41, 5.74) is 16.7. The lowest BCUT2D eigenvalue weighted by molar-refractivity contribution is -0.142. The Morgan fingerprint density at radius 1 is 0.786 bits per heavy atom. The van der Waals surface area contributed by atoms with E-state index in [1.54, 1.807) is 26.0 Å². The van der Waals surface area contributed by atoms with E-state index in [0.29, 0.717) is 24.8 Å². The number of phenols is 1. The minimum atomic E-state index is -1.73. The van der Waals surface area contributed by atoms with Gasteiger partial charge in [-0.05, 0) is 55.2 Å². The number of primary amides is 3. The number of rotatable bonds is 19. The lowest BCUT2D eigenvalue weighted by atomic mass is 9.96. The molecule has 7 atom stereocenters. The Hall–Kier alpha value is -6.11. The fourth-order valence-corrected chi connectivity index (χ4v) is 9.90. The Balaban J connectivity index is 2.06. The zero-order valence-corrected chi connectivity index (χ0v) is 41.7. The molecule has 3 rings (SSSR count). The third kappa shape index (κ3) is 20.1. The molecule has 1 aliphatic carbocycles. The Kier molecular flexibility index (Phi) is 24.2. The predicted molar refractivity (Wildman–Crippen MR) is 260 cm³/mol. The van der Waals surface area contributed by atoms with Crippen molar-refractivity contribution in [1.29, 1.82) is 0 Å². The standard InChI is InChI=1S/C45H69N11O12S2/c1-5-25(4)39-44(67)52-29(14-15-34(46)58)41(64)53-32(20-35(47)59)42(65)54-33(23-70-69-17-16-37(61)50-31(43(66)55-39)19-26-10-12-28(57)13-11-26)45(68)56(27-8-6-7-9-27)22-38(62)51-30(18-24(2)3)40(63)49-21-36(48)60/h10-13,24-25,27,29-33,39,57H,5-9,14-23H2,1-4H3,(H2,46,58)(H2,47,59)(H2,48,60)(H,49,63)(H,50,61)(H,51,62)(H,52,67)(H,53,64)(H,54,65)(H,55,66)/t25-,29-,30-,31-,32-,33-,39-/m0/s1. The van der Waals surface area contributed by atoms with Gasteiger partial charge in [-0.1, -0.05) is 80.7 Å². The second-order valence-corrected chi connectivity index (χ2v) is 20.5. The highest BCUT2D eigenvalue weighted by Gasteiger charge is 2.38. The van der Waals surface area contributed by atoms with Crippen molar-refractivity contribution in [1.82, 2.24) is 42.1 Å². The van der Waals surface area contributed by atoms with Crippen LogP contribution in [0.5, 0.6) is 5.75 Å². The van der Waals surface area contributed by atoms with Gasteiger partial charge in [0, 0.05) is 36.8 Å². The van der Waals surface area contributed by atoms with Gasteiger partial charge in [-0.15, -0.1) is 0 Å². The van der Waals surface area contributed by atoms with Crippen molar-refractivity contribution >= 4 is 86.6 Å². The first-order chi connectivity index (χ1) is 33.1. The van der Waals surface area contributed by atoms with Crippen LogP contribution in [0.4, 0.5) is 0 Å². The second-order valence-electron chi connectivity index (χ2n) is 17.9. The number of carbonyl (C=O) groups excluding carboxylic acids is 11. The highest BCUT2D eigenvalue weighted by molar-refractivity contribution is 8.76. The van der Waals surface area contributed by atoms with E-state index >= 15 is 0 Å². The summed E-state index contributed by atoms with van der Waals surface area (Å²) in [5, 5.41) is 27.9. The number of aromatic hydroxyl groups is 1. The van der Waals surface area contributed by atoms with Crippen LogP contribution in [0.2, 0.25) is 0 Å². The van der Waals surface area contributed by atoms with Crippen LogP contribution in [0.3, 0.4) is 0 Å². The first-order valence-corrected chi connectivity index (χ1v) is 25.8. The molecule has 2 aliphatic rings. The third-order valence-corrected chi connectivity index (χ3v) is 14.1. The third-order valence-electron chi connectivity index (χ3n) is 11.7. The van der Waals surface area contributed by atoms with Crippen molar-refractivity contribution < 1.29 is 57.8 Å².